The number of hydrogen-bond acceptors (Lipinski definition) is 5. The summed E-state index contributed by atoms with van der Waals surface area (Å²) in [6.45, 7) is 3.92. The van der Waals surface area contributed by atoms with Crippen LogP contribution in [0.15, 0.2) is 48.2 Å². The largest absolute Gasteiger partial charge is 0.465 e. The minimum absolute atomic E-state index is 0.0437. The molecule has 0 saturated heterocycles. The molecule has 1 aromatic rings. The van der Waals surface area contributed by atoms with Gasteiger partial charge in [0.05, 0.1) is 19.5 Å². The third kappa shape index (κ3) is 3.18. The van der Waals surface area contributed by atoms with Crippen molar-refractivity contribution in [3.05, 3.63) is 53.8 Å². The summed E-state index contributed by atoms with van der Waals surface area (Å²) in [5.74, 6) is -0.340. The Morgan fingerprint density at radius 1 is 1.12 bits per heavy atom. The van der Waals surface area contributed by atoms with Crippen LogP contribution in [0.3, 0.4) is 0 Å². The van der Waals surface area contributed by atoms with Crippen LogP contribution in [0.5, 0.6) is 0 Å². The number of allylic oxidation sites excluding steroid dienone is 2. The third-order valence-electron chi connectivity index (χ3n) is 4.63. The number of rotatable bonds is 5. The maximum absolute atomic E-state index is 12.6. The average Bonchev–Trinajstić information content (AvgIpc) is 3.03. The zero-order valence-electron chi connectivity index (χ0n) is 14.5. The number of fused-ring (bicyclic) bond motifs is 1. The molecule has 0 amide bonds. The minimum Gasteiger partial charge on any atom is -0.465 e. The van der Waals surface area contributed by atoms with Crippen LogP contribution in [0.25, 0.3) is 5.76 Å². The van der Waals surface area contributed by atoms with Gasteiger partial charge in [-0.3, -0.25) is 9.59 Å². The molecule has 1 saturated carbocycles. The molecular formula is C20H22O5. The SMILES string of the molecule is CCOC(=O)C1(C(=O)OCC)CC2=COC(c3ccccc3)=CC2C1. The number of hydrogen-bond donors (Lipinski definition) is 0. The summed E-state index contributed by atoms with van der Waals surface area (Å²) >= 11 is 0. The van der Waals surface area contributed by atoms with Crippen molar-refractivity contribution in [2.45, 2.75) is 26.7 Å². The van der Waals surface area contributed by atoms with Gasteiger partial charge in [0.25, 0.3) is 0 Å². The Labute approximate surface area is 147 Å². The van der Waals surface area contributed by atoms with Gasteiger partial charge in [-0.15, -0.1) is 0 Å². The molecule has 132 valence electrons. The quantitative estimate of drug-likeness (QED) is 0.606. The van der Waals surface area contributed by atoms with Crippen molar-refractivity contribution < 1.29 is 23.8 Å². The van der Waals surface area contributed by atoms with Gasteiger partial charge >= 0.3 is 11.9 Å². The highest BCUT2D eigenvalue weighted by Gasteiger charge is 2.56. The highest BCUT2D eigenvalue weighted by molar-refractivity contribution is 6.01. The Bertz CT molecular complexity index is 699. The minimum atomic E-state index is -1.28. The van der Waals surface area contributed by atoms with E-state index >= 15 is 0 Å². The standard InChI is InChI=1S/C20H22O5/c1-3-23-18(21)20(19(22)24-4-2)11-15-10-17(25-13-16(15)12-20)14-8-6-5-7-9-14/h5-10,13,15H,3-4,11-12H2,1-2H3. The van der Waals surface area contributed by atoms with Gasteiger partial charge in [-0.2, -0.15) is 0 Å². The maximum atomic E-state index is 12.6. The molecule has 3 rings (SSSR count). The number of carbonyl (C=O) groups is 2. The Kier molecular flexibility index (Phi) is 4.93. The molecule has 1 aromatic carbocycles. The summed E-state index contributed by atoms with van der Waals surface area (Å²) in [5.41, 5.74) is 0.595. The van der Waals surface area contributed by atoms with Gasteiger partial charge < -0.3 is 14.2 Å². The van der Waals surface area contributed by atoms with Gasteiger partial charge in [0, 0.05) is 11.5 Å². The van der Waals surface area contributed by atoms with E-state index in [4.69, 9.17) is 14.2 Å². The fourth-order valence-corrected chi connectivity index (χ4v) is 3.41. The van der Waals surface area contributed by atoms with Crippen molar-refractivity contribution in [1.29, 1.82) is 0 Å². The first-order valence-corrected chi connectivity index (χ1v) is 8.58. The van der Waals surface area contributed by atoms with Crippen molar-refractivity contribution in [2.75, 3.05) is 13.2 Å². The molecule has 1 heterocycles. The van der Waals surface area contributed by atoms with Crippen molar-refractivity contribution in [3.63, 3.8) is 0 Å². The second-order valence-electron chi connectivity index (χ2n) is 6.22. The molecule has 5 heteroatoms. The van der Waals surface area contributed by atoms with E-state index in [-0.39, 0.29) is 25.6 Å². The van der Waals surface area contributed by atoms with Crippen LogP contribution in [0.2, 0.25) is 0 Å². The first kappa shape index (κ1) is 17.3. The Hall–Kier alpha value is -2.56. The Morgan fingerprint density at radius 3 is 2.36 bits per heavy atom. The molecule has 1 aliphatic carbocycles. The first-order valence-electron chi connectivity index (χ1n) is 8.58. The Morgan fingerprint density at radius 2 is 1.76 bits per heavy atom. The fourth-order valence-electron chi connectivity index (χ4n) is 3.41. The Balaban J connectivity index is 1.89. The summed E-state index contributed by atoms with van der Waals surface area (Å²) < 4.78 is 16.1. The molecular weight excluding hydrogens is 320 g/mol. The summed E-state index contributed by atoms with van der Waals surface area (Å²) in [6, 6.07) is 9.74. The lowest BCUT2D eigenvalue weighted by atomic mass is 9.85. The predicted molar refractivity (Wildman–Crippen MR) is 92.0 cm³/mol. The van der Waals surface area contributed by atoms with E-state index in [1.807, 2.05) is 36.4 Å². The van der Waals surface area contributed by atoms with Crippen LogP contribution >= 0.6 is 0 Å². The number of ether oxygens (including phenoxy) is 3. The molecule has 0 aromatic heterocycles. The van der Waals surface area contributed by atoms with Gasteiger partial charge in [-0.1, -0.05) is 30.3 Å². The summed E-state index contributed by atoms with van der Waals surface area (Å²) in [6.07, 6.45) is 4.25. The average molecular weight is 342 g/mol. The van der Waals surface area contributed by atoms with Crippen molar-refractivity contribution in [1.82, 2.24) is 0 Å². The molecule has 0 bridgehead atoms. The molecule has 2 aliphatic rings. The zero-order chi connectivity index (χ0) is 17.9. The summed E-state index contributed by atoms with van der Waals surface area (Å²) in [7, 11) is 0. The molecule has 1 fully saturated rings. The first-order chi connectivity index (χ1) is 12.1. The van der Waals surface area contributed by atoms with E-state index in [1.54, 1.807) is 20.1 Å². The van der Waals surface area contributed by atoms with E-state index < -0.39 is 17.4 Å². The predicted octanol–water partition coefficient (Wildman–Crippen LogP) is 3.46. The molecule has 0 radical (unpaired) electrons. The van der Waals surface area contributed by atoms with Gasteiger partial charge in [0.1, 0.15) is 5.76 Å². The number of esters is 2. The van der Waals surface area contributed by atoms with Crippen LogP contribution in [0.1, 0.15) is 32.3 Å². The number of carbonyl (C=O) groups excluding carboxylic acids is 2. The maximum Gasteiger partial charge on any atom is 0.323 e. The highest BCUT2D eigenvalue weighted by Crippen LogP contribution is 2.50. The van der Waals surface area contributed by atoms with E-state index in [0.717, 1.165) is 16.9 Å². The molecule has 1 unspecified atom stereocenters. The molecule has 5 nitrogen and oxygen atoms in total. The lowest BCUT2D eigenvalue weighted by Crippen LogP contribution is -2.40. The molecule has 0 N–H and O–H groups in total. The van der Waals surface area contributed by atoms with Crippen LogP contribution in [-0.4, -0.2) is 25.2 Å². The molecule has 0 spiro atoms. The van der Waals surface area contributed by atoms with Crippen LogP contribution in [0.4, 0.5) is 0 Å². The fraction of sp³-hybridized carbons (Fsp3) is 0.400. The summed E-state index contributed by atoms with van der Waals surface area (Å²) in [4.78, 5) is 25.1. The van der Waals surface area contributed by atoms with Crippen LogP contribution in [-0.2, 0) is 23.8 Å². The second kappa shape index (κ2) is 7.13. The van der Waals surface area contributed by atoms with E-state index in [1.165, 1.54) is 0 Å². The van der Waals surface area contributed by atoms with Crippen LogP contribution < -0.4 is 0 Å². The van der Waals surface area contributed by atoms with E-state index in [2.05, 4.69) is 0 Å². The van der Waals surface area contributed by atoms with Gasteiger partial charge in [-0.25, -0.2) is 0 Å². The van der Waals surface area contributed by atoms with Crippen molar-refractivity contribution in [2.24, 2.45) is 11.3 Å². The van der Waals surface area contributed by atoms with Crippen molar-refractivity contribution in [3.8, 4) is 0 Å². The zero-order valence-corrected chi connectivity index (χ0v) is 14.5. The lowest BCUT2D eigenvalue weighted by molar-refractivity contribution is -0.171. The van der Waals surface area contributed by atoms with Crippen molar-refractivity contribution >= 4 is 17.7 Å². The smallest absolute Gasteiger partial charge is 0.323 e. The molecule has 1 atom stereocenters. The molecule has 1 aliphatic heterocycles. The van der Waals surface area contributed by atoms with Gasteiger partial charge in [0.2, 0.25) is 0 Å². The van der Waals surface area contributed by atoms with E-state index in [9.17, 15) is 9.59 Å². The topological polar surface area (TPSA) is 61.8 Å². The third-order valence-corrected chi connectivity index (χ3v) is 4.63. The monoisotopic (exact) mass is 342 g/mol. The lowest BCUT2D eigenvalue weighted by Gasteiger charge is -2.23. The highest BCUT2D eigenvalue weighted by atomic mass is 16.6. The van der Waals surface area contributed by atoms with E-state index in [0.29, 0.717) is 6.42 Å². The molecule has 25 heavy (non-hydrogen) atoms. The van der Waals surface area contributed by atoms with Crippen LogP contribution in [0, 0.1) is 11.3 Å². The number of benzene rings is 1. The van der Waals surface area contributed by atoms with Gasteiger partial charge in [0.15, 0.2) is 5.41 Å². The normalized spacial score (nSPS) is 20.6. The van der Waals surface area contributed by atoms with Gasteiger partial charge in [-0.05, 0) is 38.3 Å². The summed E-state index contributed by atoms with van der Waals surface area (Å²) in [5, 5.41) is 0. The second-order valence-corrected chi connectivity index (χ2v) is 6.22.